The molecule has 4 N–H and O–H groups in total. The number of nitrogens with one attached hydrogen (secondary N) is 2. The number of para-hydroxylation sites is 1. The number of nitrogens with two attached hydrogens (primary N) is 1. The third-order valence-corrected chi connectivity index (χ3v) is 3.95. The number of rotatable bonds is 6. The number of nitrogen functional groups attached to an aromatic ring is 1. The second-order valence-electron chi connectivity index (χ2n) is 6.09. The quantitative estimate of drug-likeness (QED) is 0.561. The van der Waals surface area contributed by atoms with Gasteiger partial charge in [0.1, 0.15) is 5.82 Å². The number of hydrogen-bond acceptors (Lipinski definition) is 5. The van der Waals surface area contributed by atoms with Gasteiger partial charge in [-0.15, -0.1) is 0 Å². The van der Waals surface area contributed by atoms with Gasteiger partial charge in [0.05, 0.1) is 5.52 Å². The summed E-state index contributed by atoms with van der Waals surface area (Å²) >= 11 is 0. The van der Waals surface area contributed by atoms with Gasteiger partial charge in [0.15, 0.2) is 0 Å². The lowest BCUT2D eigenvalue weighted by Crippen LogP contribution is -2.25. The molecule has 0 saturated carbocycles. The Kier molecular flexibility index (Phi) is 4.96. The Morgan fingerprint density at radius 2 is 1.71 bits per heavy atom. The molecule has 5 heteroatoms. The maximum atomic E-state index is 5.46. The number of fused-ring (bicyclic) bond motifs is 1. The highest BCUT2D eigenvalue weighted by molar-refractivity contribution is 5.89. The van der Waals surface area contributed by atoms with Gasteiger partial charge in [-0.05, 0) is 29.9 Å². The molecule has 0 atom stereocenters. The third kappa shape index (κ3) is 3.61. The van der Waals surface area contributed by atoms with Crippen LogP contribution in [0.5, 0.6) is 0 Å². The van der Waals surface area contributed by atoms with Gasteiger partial charge in [-0.3, -0.25) is 5.43 Å². The Morgan fingerprint density at radius 1 is 1.05 bits per heavy atom. The van der Waals surface area contributed by atoms with Gasteiger partial charge in [0, 0.05) is 11.9 Å². The summed E-state index contributed by atoms with van der Waals surface area (Å²) in [7, 11) is 0. The lowest BCUT2D eigenvalue weighted by atomic mass is 9.85. The lowest BCUT2D eigenvalue weighted by molar-refractivity contribution is 0.304. The first-order valence-corrected chi connectivity index (χ1v) is 7.50. The highest BCUT2D eigenvalue weighted by atomic mass is 15.3. The van der Waals surface area contributed by atoms with E-state index in [1.807, 2.05) is 24.3 Å². The molecule has 0 bridgehead atoms. The van der Waals surface area contributed by atoms with Crippen LogP contribution < -0.4 is 16.6 Å². The third-order valence-electron chi connectivity index (χ3n) is 3.95. The molecule has 5 nitrogen and oxygen atoms in total. The standard InChI is InChI=1S/C16H25N5/c1-10(2)13(11(3)4)9-18-15-12-7-5-6-8-14(12)19-16(20-15)21-17/h5-8,10-11,13H,9,17H2,1-4H3,(H2,18,19,20,21). The fourth-order valence-corrected chi connectivity index (χ4v) is 2.73. The van der Waals surface area contributed by atoms with Crippen LogP contribution in [0.4, 0.5) is 11.8 Å². The highest BCUT2D eigenvalue weighted by Crippen LogP contribution is 2.24. The fraction of sp³-hybridized carbons (Fsp3) is 0.500. The zero-order valence-corrected chi connectivity index (χ0v) is 13.2. The highest BCUT2D eigenvalue weighted by Gasteiger charge is 2.18. The van der Waals surface area contributed by atoms with Gasteiger partial charge >= 0.3 is 0 Å². The number of nitrogens with zero attached hydrogens (tertiary/aromatic N) is 2. The summed E-state index contributed by atoms with van der Waals surface area (Å²) in [6, 6.07) is 7.95. The Hall–Kier alpha value is -1.88. The summed E-state index contributed by atoms with van der Waals surface area (Å²) in [5, 5.41) is 4.49. The Morgan fingerprint density at radius 3 is 2.33 bits per heavy atom. The topological polar surface area (TPSA) is 75.9 Å². The monoisotopic (exact) mass is 287 g/mol. The summed E-state index contributed by atoms with van der Waals surface area (Å²) in [4.78, 5) is 8.82. The molecule has 0 aliphatic heterocycles. The molecule has 21 heavy (non-hydrogen) atoms. The number of hydrogen-bond donors (Lipinski definition) is 3. The zero-order valence-electron chi connectivity index (χ0n) is 13.2. The van der Waals surface area contributed by atoms with E-state index in [0.29, 0.717) is 23.7 Å². The molecule has 0 fully saturated rings. The second-order valence-corrected chi connectivity index (χ2v) is 6.09. The van der Waals surface area contributed by atoms with E-state index in [1.165, 1.54) is 0 Å². The molecule has 0 radical (unpaired) electrons. The molecule has 1 heterocycles. The van der Waals surface area contributed by atoms with Gasteiger partial charge in [0.25, 0.3) is 0 Å². The SMILES string of the molecule is CC(C)C(CNc1nc(NN)nc2ccccc12)C(C)C. The van der Waals surface area contributed by atoms with Crippen molar-refractivity contribution in [3.8, 4) is 0 Å². The first kappa shape index (κ1) is 15.5. The van der Waals surface area contributed by atoms with Crippen molar-refractivity contribution in [1.82, 2.24) is 9.97 Å². The number of benzene rings is 1. The number of aromatic nitrogens is 2. The minimum Gasteiger partial charge on any atom is -0.369 e. The van der Waals surface area contributed by atoms with Crippen LogP contribution in [0.15, 0.2) is 24.3 Å². The van der Waals surface area contributed by atoms with Crippen molar-refractivity contribution in [2.45, 2.75) is 27.7 Å². The predicted octanol–water partition coefficient (Wildman–Crippen LogP) is 3.26. The van der Waals surface area contributed by atoms with Crippen LogP contribution in [0.1, 0.15) is 27.7 Å². The summed E-state index contributed by atoms with van der Waals surface area (Å²) < 4.78 is 0. The molecule has 0 unspecified atom stereocenters. The first-order valence-electron chi connectivity index (χ1n) is 7.50. The molecular formula is C16H25N5. The Labute approximate surface area is 126 Å². The van der Waals surface area contributed by atoms with Crippen LogP contribution in [0.25, 0.3) is 10.9 Å². The summed E-state index contributed by atoms with van der Waals surface area (Å²) in [6.07, 6.45) is 0. The average molecular weight is 287 g/mol. The summed E-state index contributed by atoms with van der Waals surface area (Å²) in [5.74, 6) is 8.56. The normalized spacial score (nSPS) is 11.6. The maximum Gasteiger partial charge on any atom is 0.239 e. The molecule has 0 spiro atoms. The molecule has 0 aliphatic rings. The fourth-order valence-electron chi connectivity index (χ4n) is 2.73. The molecule has 0 saturated heterocycles. The van der Waals surface area contributed by atoms with E-state index in [-0.39, 0.29) is 0 Å². The van der Waals surface area contributed by atoms with Crippen LogP contribution in [-0.2, 0) is 0 Å². The van der Waals surface area contributed by atoms with Crippen molar-refractivity contribution in [3.63, 3.8) is 0 Å². The molecule has 114 valence electrons. The van der Waals surface area contributed by atoms with Crippen LogP contribution in [0, 0.1) is 17.8 Å². The van der Waals surface area contributed by atoms with Crippen LogP contribution in [0.3, 0.4) is 0 Å². The summed E-state index contributed by atoms with van der Waals surface area (Å²) in [5.41, 5.74) is 3.41. The van der Waals surface area contributed by atoms with Crippen LogP contribution in [0.2, 0.25) is 0 Å². The Bertz CT molecular complexity index is 586. The maximum absolute atomic E-state index is 5.46. The van der Waals surface area contributed by atoms with E-state index in [1.54, 1.807) is 0 Å². The van der Waals surface area contributed by atoms with E-state index in [0.717, 1.165) is 23.3 Å². The second kappa shape index (κ2) is 6.72. The molecule has 2 rings (SSSR count). The van der Waals surface area contributed by atoms with Crippen molar-refractivity contribution in [2.24, 2.45) is 23.6 Å². The number of anilines is 2. The van der Waals surface area contributed by atoms with Crippen molar-refractivity contribution in [3.05, 3.63) is 24.3 Å². The van der Waals surface area contributed by atoms with Crippen molar-refractivity contribution in [2.75, 3.05) is 17.3 Å². The number of hydrazine groups is 1. The predicted molar refractivity (Wildman–Crippen MR) is 89.0 cm³/mol. The molecule has 0 amide bonds. The smallest absolute Gasteiger partial charge is 0.239 e. The van der Waals surface area contributed by atoms with Gasteiger partial charge in [-0.1, -0.05) is 39.8 Å². The first-order chi connectivity index (χ1) is 10.0. The minimum atomic E-state index is 0.432. The van der Waals surface area contributed by atoms with Gasteiger partial charge in [-0.2, -0.15) is 4.98 Å². The summed E-state index contributed by atoms with van der Waals surface area (Å²) in [6.45, 7) is 9.93. The van der Waals surface area contributed by atoms with Crippen LogP contribution >= 0.6 is 0 Å². The zero-order chi connectivity index (χ0) is 15.4. The molecule has 1 aromatic heterocycles. The van der Waals surface area contributed by atoms with E-state index >= 15 is 0 Å². The van der Waals surface area contributed by atoms with Gasteiger partial charge < -0.3 is 5.32 Å². The van der Waals surface area contributed by atoms with E-state index in [9.17, 15) is 0 Å². The molecular weight excluding hydrogens is 262 g/mol. The average Bonchev–Trinajstić information content (AvgIpc) is 2.46. The van der Waals surface area contributed by atoms with Crippen molar-refractivity contribution >= 4 is 22.7 Å². The van der Waals surface area contributed by atoms with Gasteiger partial charge in [-0.25, -0.2) is 10.8 Å². The molecule has 2 aromatic rings. The largest absolute Gasteiger partial charge is 0.369 e. The van der Waals surface area contributed by atoms with Gasteiger partial charge in [0.2, 0.25) is 5.95 Å². The van der Waals surface area contributed by atoms with Crippen molar-refractivity contribution in [1.29, 1.82) is 0 Å². The minimum absolute atomic E-state index is 0.432. The molecule has 1 aromatic carbocycles. The Balaban J connectivity index is 2.28. The van der Waals surface area contributed by atoms with Crippen LogP contribution in [-0.4, -0.2) is 16.5 Å². The van der Waals surface area contributed by atoms with E-state index < -0.39 is 0 Å². The van der Waals surface area contributed by atoms with Crippen molar-refractivity contribution < 1.29 is 0 Å². The van der Waals surface area contributed by atoms with E-state index in [2.05, 4.69) is 48.4 Å². The molecule has 0 aliphatic carbocycles. The lowest BCUT2D eigenvalue weighted by Gasteiger charge is -2.25. The van der Waals surface area contributed by atoms with E-state index in [4.69, 9.17) is 5.84 Å².